The second-order valence-electron chi connectivity index (χ2n) is 5.57. The van der Waals surface area contributed by atoms with Gasteiger partial charge in [-0.3, -0.25) is 0 Å². The smallest absolute Gasteiger partial charge is 0.205 e. The first-order valence-electron chi connectivity index (χ1n) is 8.02. The summed E-state index contributed by atoms with van der Waals surface area (Å²) in [7, 11) is 1.62. The van der Waals surface area contributed by atoms with Gasteiger partial charge < -0.3 is 19.7 Å². The predicted molar refractivity (Wildman–Crippen MR) is 94.9 cm³/mol. The van der Waals surface area contributed by atoms with Crippen molar-refractivity contribution in [2.24, 2.45) is 0 Å². The molecule has 0 radical (unpaired) electrons. The van der Waals surface area contributed by atoms with Gasteiger partial charge in [0.25, 0.3) is 0 Å². The molecule has 130 valence electrons. The molecule has 1 heterocycles. The third-order valence-corrected chi connectivity index (χ3v) is 3.93. The van der Waals surface area contributed by atoms with Crippen LogP contribution in [0.15, 0.2) is 54.7 Å². The minimum absolute atomic E-state index is 0.392. The lowest BCUT2D eigenvalue weighted by molar-refractivity contribution is 0.206. The molecule has 0 spiro atoms. The molecule has 25 heavy (non-hydrogen) atoms. The number of imidazole rings is 1. The monoisotopic (exact) mass is 341 g/mol. The highest BCUT2D eigenvalue weighted by Gasteiger charge is 2.14. The van der Waals surface area contributed by atoms with Crippen LogP contribution in [-0.4, -0.2) is 21.8 Å². The Morgan fingerprint density at radius 2 is 2.00 bits per heavy atom. The molecule has 1 aromatic heterocycles. The molecule has 0 aliphatic heterocycles. The van der Waals surface area contributed by atoms with Crippen molar-refractivity contribution in [2.75, 3.05) is 12.4 Å². The Labute approximate surface area is 145 Å². The zero-order valence-electron chi connectivity index (χ0n) is 14.1. The summed E-state index contributed by atoms with van der Waals surface area (Å²) in [4.78, 5) is 4.55. The Kier molecular flexibility index (Phi) is 5.00. The number of rotatable bonds is 6. The summed E-state index contributed by atoms with van der Waals surface area (Å²) in [6.45, 7) is 2.67. The SMILES string of the molecule is CCn1cc(-c2ccc(OC)cc2)nc1NC(O)c1cccc(F)c1. The van der Waals surface area contributed by atoms with E-state index in [1.807, 2.05) is 42.0 Å². The van der Waals surface area contributed by atoms with Gasteiger partial charge in [-0.1, -0.05) is 12.1 Å². The van der Waals surface area contributed by atoms with E-state index < -0.39 is 12.0 Å². The van der Waals surface area contributed by atoms with Gasteiger partial charge in [0.05, 0.1) is 12.8 Å². The van der Waals surface area contributed by atoms with E-state index in [2.05, 4.69) is 10.3 Å². The number of aryl methyl sites for hydroxylation is 1. The van der Waals surface area contributed by atoms with Crippen LogP contribution in [0.2, 0.25) is 0 Å². The topological polar surface area (TPSA) is 59.3 Å². The van der Waals surface area contributed by atoms with Crippen LogP contribution in [-0.2, 0) is 6.54 Å². The number of anilines is 1. The fourth-order valence-corrected chi connectivity index (χ4v) is 2.56. The molecule has 6 heteroatoms. The summed E-state index contributed by atoms with van der Waals surface area (Å²) >= 11 is 0. The van der Waals surface area contributed by atoms with Gasteiger partial charge >= 0.3 is 0 Å². The number of benzene rings is 2. The van der Waals surface area contributed by atoms with Crippen molar-refractivity contribution in [3.05, 3.63) is 66.1 Å². The second-order valence-corrected chi connectivity index (χ2v) is 5.57. The first kappa shape index (κ1) is 17.0. The fraction of sp³-hybridized carbons (Fsp3) is 0.211. The number of aromatic nitrogens is 2. The number of aliphatic hydroxyl groups excluding tert-OH is 1. The summed E-state index contributed by atoms with van der Waals surface area (Å²) in [6, 6.07) is 13.4. The van der Waals surface area contributed by atoms with Crippen molar-refractivity contribution in [1.82, 2.24) is 9.55 Å². The fourth-order valence-electron chi connectivity index (χ4n) is 2.56. The predicted octanol–water partition coefficient (Wildman–Crippen LogP) is 3.82. The highest BCUT2D eigenvalue weighted by Crippen LogP contribution is 2.25. The molecular formula is C19H20FN3O2. The molecule has 0 aliphatic rings. The molecule has 0 saturated heterocycles. The van der Waals surface area contributed by atoms with Crippen LogP contribution in [0.25, 0.3) is 11.3 Å². The van der Waals surface area contributed by atoms with Crippen molar-refractivity contribution in [3.8, 4) is 17.0 Å². The molecule has 0 amide bonds. The first-order valence-corrected chi connectivity index (χ1v) is 8.02. The van der Waals surface area contributed by atoms with Crippen molar-refractivity contribution in [2.45, 2.75) is 19.7 Å². The van der Waals surface area contributed by atoms with Crippen LogP contribution in [0.1, 0.15) is 18.7 Å². The van der Waals surface area contributed by atoms with E-state index in [4.69, 9.17) is 4.74 Å². The zero-order valence-corrected chi connectivity index (χ0v) is 14.1. The summed E-state index contributed by atoms with van der Waals surface area (Å²) < 4.78 is 20.4. The lowest BCUT2D eigenvalue weighted by Gasteiger charge is -2.14. The Morgan fingerprint density at radius 3 is 2.64 bits per heavy atom. The van der Waals surface area contributed by atoms with Crippen LogP contribution in [0.3, 0.4) is 0 Å². The van der Waals surface area contributed by atoms with Crippen LogP contribution in [0.4, 0.5) is 10.3 Å². The molecule has 3 rings (SSSR count). The third kappa shape index (κ3) is 3.80. The molecule has 0 bridgehead atoms. The van der Waals surface area contributed by atoms with Gasteiger partial charge in [0, 0.05) is 23.9 Å². The molecular weight excluding hydrogens is 321 g/mol. The molecule has 5 nitrogen and oxygen atoms in total. The van der Waals surface area contributed by atoms with Crippen molar-refractivity contribution in [1.29, 1.82) is 0 Å². The number of methoxy groups -OCH3 is 1. The van der Waals surface area contributed by atoms with Crippen LogP contribution >= 0.6 is 0 Å². The number of nitrogens with zero attached hydrogens (tertiary/aromatic N) is 2. The summed E-state index contributed by atoms with van der Waals surface area (Å²) in [5.74, 6) is 0.903. The highest BCUT2D eigenvalue weighted by molar-refractivity contribution is 5.61. The average molecular weight is 341 g/mol. The molecule has 0 aliphatic carbocycles. The zero-order chi connectivity index (χ0) is 17.8. The number of ether oxygens (including phenoxy) is 1. The number of halogens is 1. The second kappa shape index (κ2) is 7.36. The van der Waals surface area contributed by atoms with Crippen molar-refractivity contribution < 1.29 is 14.2 Å². The summed E-state index contributed by atoms with van der Waals surface area (Å²) in [6.07, 6.45) is 0.856. The van der Waals surface area contributed by atoms with E-state index >= 15 is 0 Å². The van der Waals surface area contributed by atoms with Gasteiger partial charge in [0.15, 0.2) is 6.23 Å². The van der Waals surface area contributed by atoms with Gasteiger partial charge in [0.2, 0.25) is 5.95 Å². The van der Waals surface area contributed by atoms with E-state index in [0.717, 1.165) is 17.0 Å². The quantitative estimate of drug-likeness (QED) is 0.669. The van der Waals surface area contributed by atoms with E-state index in [1.54, 1.807) is 19.2 Å². The van der Waals surface area contributed by atoms with Crippen molar-refractivity contribution >= 4 is 5.95 Å². The number of aliphatic hydroxyl groups is 1. The molecule has 0 fully saturated rings. The van der Waals surface area contributed by atoms with E-state index in [9.17, 15) is 9.50 Å². The minimum Gasteiger partial charge on any atom is -0.497 e. The lowest BCUT2D eigenvalue weighted by atomic mass is 10.2. The van der Waals surface area contributed by atoms with Crippen LogP contribution in [0.5, 0.6) is 5.75 Å². The van der Waals surface area contributed by atoms with Crippen molar-refractivity contribution in [3.63, 3.8) is 0 Å². The number of hydrogen-bond acceptors (Lipinski definition) is 4. The standard InChI is InChI=1S/C19H20FN3O2/c1-3-23-12-17(13-7-9-16(25-2)10-8-13)21-19(23)22-18(24)14-5-4-6-15(20)11-14/h4-12,18,24H,3H2,1-2H3,(H,21,22). The Morgan fingerprint density at radius 1 is 1.24 bits per heavy atom. The number of hydrogen-bond donors (Lipinski definition) is 2. The number of nitrogens with one attached hydrogen (secondary N) is 1. The first-order chi connectivity index (χ1) is 12.1. The average Bonchev–Trinajstić information content (AvgIpc) is 3.04. The van der Waals surface area contributed by atoms with Gasteiger partial charge in [0.1, 0.15) is 11.6 Å². The Hall–Kier alpha value is -2.86. The van der Waals surface area contributed by atoms with E-state index in [0.29, 0.717) is 18.1 Å². The largest absolute Gasteiger partial charge is 0.497 e. The lowest BCUT2D eigenvalue weighted by Crippen LogP contribution is -2.13. The maximum atomic E-state index is 13.3. The van der Waals surface area contributed by atoms with Gasteiger partial charge in [-0.15, -0.1) is 0 Å². The molecule has 2 aromatic carbocycles. The van der Waals surface area contributed by atoms with Crippen LogP contribution < -0.4 is 10.1 Å². The maximum absolute atomic E-state index is 13.3. The third-order valence-electron chi connectivity index (χ3n) is 3.93. The van der Waals surface area contributed by atoms with Crippen LogP contribution in [0, 0.1) is 5.82 Å². The normalized spacial score (nSPS) is 12.0. The van der Waals surface area contributed by atoms with Gasteiger partial charge in [-0.2, -0.15) is 0 Å². The molecule has 1 atom stereocenters. The molecule has 1 unspecified atom stereocenters. The minimum atomic E-state index is -1.05. The van der Waals surface area contributed by atoms with E-state index in [-0.39, 0.29) is 0 Å². The summed E-state index contributed by atoms with van der Waals surface area (Å²) in [5, 5.41) is 13.3. The maximum Gasteiger partial charge on any atom is 0.205 e. The molecule has 0 saturated carbocycles. The Bertz CT molecular complexity index is 846. The summed E-state index contributed by atoms with van der Waals surface area (Å²) in [5.41, 5.74) is 2.16. The van der Waals surface area contributed by atoms with Gasteiger partial charge in [-0.25, -0.2) is 9.37 Å². The molecule has 3 aromatic rings. The Balaban J connectivity index is 1.85. The highest BCUT2D eigenvalue weighted by atomic mass is 19.1. The van der Waals surface area contributed by atoms with E-state index in [1.165, 1.54) is 12.1 Å². The van der Waals surface area contributed by atoms with Gasteiger partial charge in [-0.05, 0) is 43.3 Å². The molecule has 2 N–H and O–H groups in total.